The largest absolute Gasteiger partial charge is 0.495 e. The van der Waals surface area contributed by atoms with E-state index in [-0.39, 0.29) is 17.5 Å². The van der Waals surface area contributed by atoms with E-state index in [4.69, 9.17) is 4.74 Å². The molecule has 1 aromatic heterocycles. The third kappa shape index (κ3) is 1.83. The highest BCUT2D eigenvalue weighted by atomic mass is 16.5. The fourth-order valence-electron chi connectivity index (χ4n) is 5.64. The lowest BCUT2D eigenvalue weighted by atomic mass is 9.59. The van der Waals surface area contributed by atoms with Crippen molar-refractivity contribution in [2.24, 2.45) is 5.92 Å². The van der Waals surface area contributed by atoms with Gasteiger partial charge in [0, 0.05) is 29.6 Å². The lowest BCUT2D eigenvalue weighted by molar-refractivity contribution is 0.0231. The number of anilines is 1. The second-order valence-electron chi connectivity index (χ2n) is 8.22. The summed E-state index contributed by atoms with van der Waals surface area (Å²) in [5.41, 5.74) is 6.40. The van der Waals surface area contributed by atoms with Crippen molar-refractivity contribution in [1.29, 1.82) is 0 Å². The number of hydrogen-bond donors (Lipinski definition) is 2. The summed E-state index contributed by atoms with van der Waals surface area (Å²) in [6.45, 7) is 3.04. The number of fused-ring (bicyclic) bond motifs is 2. The van der Waals surface area contributed by atoms with E-state index in [1.807, 2.05) is 24.3 Å². The molecule has 2 aromatic carbocycles. The van der Waals surface area contributed by atoms with Crippen molar-refractivity contribution >= 4 is 22.6 Å². The highest BCUT2D eigenvalue weighted by Crippen LogP contribution is 2.60. The van der Waals surface area contributed by atoms with Crippen molar-refractivity contribution in [2.45, 2.75) is 31.3 Å². The predicted octanol–water partition coefficient (Wildman–Crippen LogP) is 3.30. The molecule has 6 nitrogen and oxygen atoms in total. The molecule has 2 aliphatic heterocycles. The average Bonchev–Trinajstić information content (AvgIpc) is 3.15. The van der Waals surface area contributed by atoms with Gasteiger partial charge in [0.25, 0.3) is 5.91 Å². The van der Waals surface area contributed by atoms with Crippen LogP contribution >= 0.6 is 0 Å². The summed E-state index contributed by atoms with van der Waals surface area (Å²) in [6.07, 6.45) is 3.49. The zero-order chi connectivity index (χ0) is 19.0. The second-order valence-corrected chi connectivity index (χ2v) is 8.22. The summed E-state index contributed by atoms with van der Waals surface area (Å²) >= 11 is 0. The van der Waals surface area contributed by atoms with Crippen LogP contribution in [-0.2, 0) is 12.0 Å². The maximum absolute atomic E-state index is 13.4. The Morgan fingerprint density at radius 2 is 2.21 bits per heavy atom. The number of aromatic amines is 1. The quantitative estimate of drug-likeness (QED) is 0.722. The Bertz CT molecular complexity index is 1140. The van der Waals surface area contributed by atoms with E-state index in [1.54, 1.807) is 13.4 Å². The normalized spacial score (nSPS) is 27.0. The summed E-state index contributed by atoms with van der Waals surface area (Å²) in [7, 11) is 1.72. The Labute approximate surface area is 162 Å². The lowest BCUT2D eigenvalue weighted by Crippen LogP contribution is -2.66. The third-order valence-corrected chi connectivity index (χ3v) is 7.13. The van der Waals surface area contributed by atoms with E-state index in [0.29, 0.717) is 5.92 Å². The molecule has 3 atom stereocenters. The lowest BCUT2D eigenvalue weighted by Gasteiger charge is -2.61. The molecule has 1 saturated heterocycles. The van der Waals surface area contributed by atoms with E-state index in [2.05, 4.69) is 33.2 Å². The minimum atomic E-state index is -0.0216. The molecule has 142 valence electrons. The molecular weight excluding hydrogens is 352 g/mol. The van der Waals surface area contributed by atoms with Crippen molar-refractivity contribution in [3.63, 3.8) is 0 Å². The van der Waals surface area contributed by atoms with Crippen molar-refractivity contribution in [3.8, 4) is 5.75 Å². The highest BCUT2D eigenvalue weighted by molar-refractivity contribution is 5.98. The zero-order valence-corrected chi connectivity index (χ0v) is 16.0. The number of methoxy groups -OCH3 is 1. The second kappa shape index (κ2) is 5.28. The first kappa shape index (κ1) is 16.0. The Hall–Kier alpha value is -3.02. The van der Waals surface area contributed by atoms with E-state index < -0.39 is 0 Å². The van der Waals surface area contributed by atoms with Crippen molar-refractivity contribution < 1.29 is 9.53 Å². The molecule has 28 heavy (non-hydrogen) atoms. The van der Waals surface area contributed by atoms with Crippen LogP contribution in [0.4, 0.5) is 5.69 Å². The Morgan fingerprint density at radius 1 is 1.32 bits per heavy atom. The molecule has 3 heterocycles. The van der Waals surface area contributed by atoms with Gasteiger partial charge in [0.05, 0.1) is 35.7 Å². The van der Waals surface area contributed by atoms with Crippen LogP contribution in [0.15, 0.2) is 36.7 Å². The van der Waals surface area contributed by atoms with Gasteiger partial charge in [-0.05, 0) is 42.7 Å². The minimum Gasteiger partial charge on any atom is -0.495 e. The predicted molar refractivity (Wildman–Crippen MR) is 107 cm³/mol. The number of nitrogens with one attached hydrogen (secondary N) is 2. The summed E-state index contributed by atoms with van der Waals surface area (Å²) < 4.78 is 5.53. The number of aromatic nitrogens is 2. The van der Waals surface area contributed by atoms with E-state index in [1.165, 1.54) is 11.1 Å². The number of imidazole rings is 1. The molecule has 1 spiro atoms. The number of hydrogen-bond acceptors (Lipinski definition) is 4. The first-order chi connectivity index (χ1) is 13.6. The topological polar surface area (TPSA) is 70.2 Å². The van der Waals surface area contributed by atoms with Crippen LogP contribution in [-0.4, -0.2) is 40.5 Å². The first-order valence-electron chi connectivity index (χ1n) is 9.85. The fourth-order valence-corrected chi connectivity index (χ4v) is 5.64. The number of benzene rings is 2. The molecule has 2 unspecified atom stereocenters. The molecule has 0 saturated carbocycles. The molecule has 1 amide bonds. The summed E-state index contributed by atoms with van der Waals surface area (Å²) in [5, 5.41) is 3.72. The highest BCUT2D eigenvalue weighted by Gasteiger charge is 2.58. The Balaban J connectivity index is 1.38. The Kier molecular flexibility index (Phi) is 3.01. The number of H-pyrrole nitrogens is 1. The van der Waals surface area contributed by atoms with E-state index in [0.717, 1.165) is 47.4 Å². The molecule has 6 rings (SSSR count). The number of carbonyl (C=O) groups is 1. The summed E-state index contributed by atoms with van der Waals surface area (Å²) in [5.74, 6) is 1.38. The number of amides is 1. The number of piperidine rings is 1. The Morgan fingerprint density at radius 3 is 3.07 bits per heavy atom. The molecular formula is C22H22N4O2. The van der Waals surface area contributed by atoms with E-state index >= 15 is 0 Å². The SMILES string of the molecule is COc1ccc2c3c1N[C@]31CCN(C(=O)c3ccc4nc[nH]c4c3)C(C2)C1C. The number of rotatable bonds is 2. The van der Waals surface area contributed by atoms with Crippen LogP contribution in [0.2, 0.25) is 0 Å². The molecule has 2 N–H and O–H groups in total. The van der Waals surface area contributed by atoms with Crippen LogP contribution in [0.1, 0.15) is 34.8 Å². The van der Waals surface area contributed by atoms with Gasteiger partial charge in [-0.2, -0.15) is 0 Å². The van der Waals surface area contributed by atoms with Crippen molar-refractivity contribution in [2.75, 3.05) is 19.0 Å². The zero-order valence-electron chi connectivity index (χ0n) is 16.0. The van der Waals surface area contributed by atoms with Gasteiger partial charge in [-0.3, -0.25) is 4.79 Å². The van der Waals surface area contributed by atoms with Crippen molar-refractivity contribution in [3.05, 3.63) is 53.3 Å². The van der Waals surface area contributed by atoms with Gasteiger partial charge in [0.15, 0.2) is 0 Å². The number of likely N-dealkylation sites (tertiary alicyclic amines) is 1. The van der Waals surface area contributed by atoms with Gasteiger partial charge >= 0.3 is 0 Å². The summed E-state index contributed by atoms with van der Waals surface area (Å²) in [6, 6.07) is 10.1. The van der Waals surface area contributed by atoms with Gasteiger partial charge in [0.2, 0.25) is 0 Å². The monoisotopic (exact) mass is 374 g/mol. The van der Waals surface area contributed by atoms with Crippen LogP contribution < -0.4 is 10.1 Å². The van der Waals surface area contributed by atoms with Gasteiger partial charge in [-0.1, -0.05) is 13.0 Å². The molecule has 1 fully saturated rings. The maximum atomic E-state index is 13.4. The minimum absolute atomic E-state index is 0.0216. The first-order valence-corrected chi connectivity index (χ1v) is 9.85. The molecule has 2 bridgehead atoms. The van der Waals surface area contributed by atoms with Gasteiger partial charge in [-0.25, -0.2) is 4.98 Å². The number of ether oxygens (including phenoxy) is 1. The average molecular weight is 374 g/mol. The van der Waals surface area contributed by atoms with Crippen LogP contribution in [0.25, 0.3) is 11.0 Å². The maximum Gasteiger partial charge on any atom is 0.254 e. The molecule has 1 aliphatic carbocycles. The van der Waals surface area contributed by atoms with Gasteiger partial charge in [-0.15, -0.1) is 0 Å². The van der Waals surface area contributed by atoms with E-state index in [9.17, 15) is 4.79 Å². The number of nitrogens with zero attached hydrogens (tertiary/aromatic N) is 2. The number of carbonyl (C=O) groups excluding carboxylic acids is 1. The molecule has 3 aromatic rings. The fraction of sp³-hybridized carbons (Fsp3) is 0.364. The van der Waals surface area contributed by atoms with Crippen LogP contribution in [0.5, 0.6) is 5.75 Å². The van der Waals surface area contributed by atoms with Crippen LogP contribution in [0, 0.1) is 5.92 Å². The van der Waals surface area contributed by atoms with Crippen LogP contribution in [0.3, 0.4) is 0 Å². The third-order valence-electron chi connectivity index (χ3n) is 7.13. The smallest absolute Gasteiger partial charge is 0.254 e. The standard InChI is InChI=1S/C22H22N4O2/c1-12-17-10-13-4-6-18(28-2)20-19(13)22(12,25-20)7-8-26(17)21(27)14-3-5-15-16(9-14)24-11-23-15/h3-6,9,11-12,17,25H,7-8,10H2,1-2H3,(H,23,24)/t12?,17?,22-/m0/s1. The molecule has 3 aliphatic rings. The van der Waals surface area contributed by atoms with Gasteiger partial charge < -0.3 is 19.9 Å². The molecule has 0 radical (unpaired) electrons. The molecule has 6 heteroatoms. The van der Waals surface area contributed by atoms with Gasteiger partial charge in [0.1, 0.15) is 5.75 Å². The van der Waals surface area contributed by atoms with Crippen molar-refractivity contribution in [1.82, 2.24) is 14.9 Å². The summed E-state index contributed by atoms with van der Waals surface area (Å²) in [4.78, 5) is 22.8.